The minimum Gasteiger partial charge on any atom is -0.387 e. The van der Waals surface area contributed by atoms with E-state index in [0.29, 0.717) is 11.4 Å². The highest BCUT2D eigenvalue weighted by molar-refractivity contribution is 5.92. The summed E-state index contributed by atoms with van der Waals surface area (Å²) in [6, 6.07) is 1.55. The van der Waals surface area contributed by atoms with Crippen molar-refractivity contribution < 1.29 is 9.90 Å². The van der Waals surface area contributed by atoms with Gasteiger partial charge < -0.3 is 10.4 Å². The molecule has 0 bridgehead atoms. The number of nitrogens with zero attached hydrogens (tertiary/aromatic N) is 1. The van der Waals surface area contributed by atoms with E-state index in [1.165, 1.54) is 0 Å². The van der Waals surface area contributed by atoms with Crippen LogP contribution in [-0.2, 0) is 0 Å². The van der Waals surface area contributed by atoms with Gasteiger partial charge in [0, 0.05) is 5.54 Å². The van der Waals surface area contributed by atoms with Gasteiger partial charge >= 0.3 is 0 Å². The molecule has 0 aliphatic heterocycles. The fourth-order valence-electron chi connectivity index (χ4n) is 1.07. The van der Waals surface area contributed by atoms with Crippen LogP contribution in [0.4, 0.5) is 0 Å². The van der Waals surface area contributed by atoms with Crippen LogP contribution in [0.1, 0.15) is 50.0 Å². The third-order valence-corrected chi connectivity index (χ3v) is 1.77. The second-order valence-corrected chi connectivity index (χ2v) is 4.59. The number of nitrogens with one attached hydrogen (secondary N) is 2. The number of amides is 1. The standard InChI is InChI=1S/C10H17N3O2/c1-6(14)7-5-8(13-12-7)9(15)11-10(2,3)4/h5-6,14H,1-4H3,(H,11,15)(H,12,13). The van der Waals surface area contributed by atoms with E-state index in [1.807, 2.05) is 20.8 Å². The highest BCUT2D eigenvalue weighted by Gasteiger charge is 2.18. The van der Waals surface area contributed by atoms with E-state index in [-0.39, 0.29) is 11.4 Å². The van der Waals surface area contributed by atoms with Crippen LogP contribution in [0.5, 0.6) is 0 Å². The van der Waals surface area contributed by atoms with Crippen LogP contribution < -0.4 is 5.32 Å². The molecule has 0 saturated heterocycles. The number of aromatic nitrogens is 2. The fourth-order valence-corrected chi connectivity index (χ4v) is 1.07. The second-order valence-electron chi connectivity index (χ2n) is 4.59. The third-order valence-electron chi connectivity index (χ3n) is 1.77. The Bertz CT molecular complexity index is 350. The molecule has 0 spiro atoms. The second kappa shape index (κ2) is 4.02. The molecular formula is C10H17N3O2. The number of aromatic amines is 1. The first-order chi connectivity index (χ1) is 6.79. The molecule has 1 heterocycles. The molecule has 0 radical (unpaired) electrons. The van der Waals surface area contributed by atoms with Crippen molar-refractivity contribution in [2.45, 2.75) is 39.3 Å². The summed E-state index contributed by atoms with van der Waals surface area (Å²) in [7, 11) is 0. The first-order valence-electron chi connectivity index (χ1n) is 4.85. The van der Waals surface area contributed by atoms with Gasteiger partial charge in [-0.2, -0.15) is 5.10 Å². The van der Waals surface area contributed by atoms with Gasteiger partial charge in [-0.3, -0.25) is 9.89 Å². The number of carbonyl (C=O) groups is 1. The number of H-pyrrole nitrogens is 1. The Morgan fingerprint density at radius 3 is 2.60 bits per heavy atom. The fraction of sp³-hybridized carbons (Fsp3) is 0.600. The molecular weight excluding hydrogens is 194 g/mol. The highest BCUT2D eigenvalue weighted by Crippen LogP contribution is 2.10. The summed E-state index contributed by atoms with van der Waals surface area (Å²) >= 11 is 0. The molecule has 3 N–H and O–H groups in total. The van der Waals surface area contributed by atoms with E-state index in [0.717, 1.165) is 0 Å². The van der Waals surface area contributed by atoms with Crippen molar-refractivity contribution in [1.29, 1.82) is 0 Å². The van der Waals surface area contributed by atoms with Crippen molar-refractivity contribution in [3.63, 3.8) is 0 Å². The summed E-state index contributed by atoms with van der Waals surface area (Å²) in [6.07, 6.45) is -0.645. The van der Waals surface area contributed by atoms with Crippen molar-refractivity contribution in [2.75, 3.05) is 0 Å². The van der Waals surface area contributed by atoms with Gasteiger partial charge in [-0.1, -0.05) is 0 Å². The highest BCUT2D eigenvalue weighted by atomic mass is 16.3. The van der Waals surface area contributed by atoms with E-state index in [4.69, 9.17) is 0 Å². The molecule has 1 rings (SSSR count). The molecule has 5 heteroatoms. The molecule has 0 fully saturated rings. The van der Waals surface area contributed by atoms with E-state index in [1.54, 1.807) is 13.0 Å². The maximum atomic E-state index is 11.6. The normalized spacial score (nSPS) is 13.7. The van der Waals surface area contributed by atoms with Gasteiger partial charge in [0.1, 0.15) is 5.69 Å². The van der Waals surface area contributed by atoms with Crippen LogP contribution in [-0.4, -0.2) is 26.7 Å². The van der Waals surface area contributed by atoms with Crippen LogP contribution >= 0.6 is 0 Å². The molecule has 1 unspecified atom stereocenters. The van der Waals surface area contributed by atoms with Crippen LogP contribution in [0, 0.1) is 0 Å². The van der Waals surface area contributed by atoms with E-state index in [2.05, 4.69) is 15.5 Å². The summed E-state index contributed by atoms with van der Waals surface area (Å²) in [5, 5.41) is 18.5. The van der Waals surface area contributed by atoms with Crippen molar-refractivity contribution in [3.8, 4) is 0 Å². The average Bonchev–Trinajstić information content (AvgIpc) is 2.47. The van der Waals surface area contributed by atoms with Crippen LogP contribution in [0.25, 0.3) is 0 Å². The van der Waals surface area contributed by atoms with Crippen LogP contribution in [0.15, 0.2) is 6.07 Å². The Morgan fingerprint density at radius 2 is 2.20 bits per heavy atom. The number of aliphatic hydroxyl groups is 1. The monoisotopic (exact) mass is 211 g/mol. The van der Waals surface area contributed by atoms with E-state index in [9.17, 15) is 9.90 Å². The first kappa shape index (κ1) is 11.7. The maximum absolute atomic E-state index is 11.6. The van der Waals surface area contributed by atoms with Gasteiger partial charge in [0.2, 0.25) is 0 Å². The van der Waals surface area contributed by atoms with E-state index >= 15 is 0 Å². The number of rotatable bonds is 2. The van der Waals surface area contributed by atoms with Crippen molar-refractivity contribution >= 4 is 5.91 Å². The summed E-state index contributed by atoms with van der Waals surface area (Å²) in [6.45, 7) is 7.30. The van der Waals surface area contributed by atoms with Gasteiger partial charge in [-0.15, -0.1) is 0 Å². The predicted molar refractivity (Wildman–Crippen MR) is 56.4 cm³/mol. The zero-order valence-electron chi connectivity index (χ0n) is 9.46. The lowest BCUT2D eigenvalue weighted by Gasteiger charge is -2.19. The van der Waals surface area contributed by atoms with Crippen LogP contribution in [0.3, 0.4) is 0 Å². The number of hydrogen-bond donors (Lipinski definition) is 3. The molecule has 1 amide bonds. The summed E-state index contributed by atoms with van der Waals surface area (Å²) in [4.78, 5) is 11.6. The Kier molecular flexibility index (Phi) is 3.14. The average molecular weight is 211 g/mol. The Balaban J connectivity index is 2.75. The lowest BCUT2D eigenvalue weighted by molar-refractivity contribution is 0.0914. The largest absolute Gasteiger partial charge is 0.387 e. The molecule has 84 valence electrons. The van der Waals surface area contributed by atoms with Crippen LogP contribution in [0.2, 0.25) is 0 Å². The Labute approximate surface area is 88.9 Å². The summed E-state index contributed by atoms with van der Waals surface area (Å²) < 4.78 is 0. The van der Waals surface area contributed by atoms with Gasteiger partial charge in [-0.05, 0) is 33.8 Å². The zero-order valence-corrected chi connectivity index (χ0v) is 9.46. The smallest absolute Gasteiger partial charge is 0.272 e. The zero-order chi connectivity index (χ0) is 11.6. The molecule has 1 atom stereocenters. The molecule has 0 aliphatic carbocycles. The Hall–Kier alpha value is -1.36. The van der Waals surface area contributed by atoms with Gasteiger partial charge in [0.15, 0.2) is 0 Å². The first-order valence-corrected chi connectivity index (χ1v) is 4.85. The number of hydrogen-bond acceptors (Lipinski definition) is 3. The van der Waals surface area contributed by atoms with Crippen molar-refractivity contribution in [1.82, 2.24) is 15.5 Å². The third kappa shape index (κ3) is 3.36. The van der Waals surface area contributed by atoms with Gasteiger partial charge in [-0.25, -0.2) is 0 Å². The SMILES string of the molecule is CC(O)c1cc(C(=O)NC(C)(C)C)n[nH]1. The molecule has 5 nitrogen and oxygen atoms in total. The topological polar surface area (TPSA) is 78.0 Å². The Morgan fingerprint density at radius 1 is 1.60 bits per heavy atom. The molecule has 0 aliphatic rings. The maximum Gasteiger partial charge on any atom is 0.272 e. The van der Waals surface area contributed by atoms with Gasteiger partial charge in [0.25, 0.3) is 5.91 Å². The van der Waals surface area contributed by atoms with Crippen molar-refractivity contribution in [2.24, 2.45) is 0 Å². The molecule has 1 aromatic heterocycles. The van der Waals surface area contributed by atoms with Gasteiger partial charge in [0.05, 0.1) is 11.8 Å². The molecule has 1 aromatic rings. The molecule has 15 heavy (non-hydrogen) atoms. The summed E-state index contributed by atoms with van der Waals surface area (Å²) in [5.41, 5.74) is 0.538. The van der Waals surface area contributed by atoms with E-state index < -0.39 is 6.10 Å². The number of carbonyl (C=O) groups excluding carboxylic acids is 1. The molecule has 0 saturated carbocycles. The molecule has 0 aromatic carbocycles. The lowest BCUT2D eigenvalue weighted by Crippen LogP contribution is -2.40. The predicted octanol–water partition coefficient (Wildman–Crippen LogP) is 0.991. The lowest BCUT2D eigenvalue weighted by atomic mass is 10.1. The quantitative estimate of drug-likeness (QED) is 0.682. The summed E-state index contributed by atoms with van der Waals surface area (Å²) in [5.74, 6) is -0.245. The van der Waals surface area contributed by atoms with Crippen molar-refractivity contribution in [3.05, 3.63) is 17.5 Å². The minimum absolute atomic E-state index is 0.245. The number of aliphatic hydroxyl groups excluding tert-OH is 1. The minimum atomic E-state index is -0.645.